The highest BCUT2D eigenvalue weighted by Gasteiger charge is 2.03. The molecule has 0 fully saturated rings. The van der Waals surface area contributed by atoms with Crippen molar-refractivity contribution in [3.8, 4) is 0 Å². The first-order valence-electron chi connectivity index (χ1n) is 5.85. The lowest BCUT2D eigenvalue weighted by atomic mass is 10.3. The molecule has 6 heteroatoms. The maximum Gasteiger partial charge on any atom is 0.319 e. The average molecular weight is 296 g/mol. The first-order valence-corrected chi connectivity index (χ1v) is 7.10. The van der Waals surface area contributed by atoms with Crippen LogP contribution in [0.25, 0.3) is 0 Å². The van der Waals surface area contributed by atoms with Crippen LogP contribution in [0, 0.1) is 6.92 Å². The zero-order valence-electron chi connectivity index (χ0n) is 10.4. The molecule has 0 aliphatic rings. The lowest BCUT2D eigenvalue weighted by molar-refractivity contribution is 0.252. The Morgan fingerprint density at radius 3 is 3.00 bits per heavy atom. The molecule has 0 radical (unpaired) electrons. The molecule has 100 valence electrons. The first kappa shape index (κ1) is 13.8. The number of anilines is 1. The van der Waals surface area contributed by atoms with Crippen molar-refractivity contribution in [1.82, 2.24) is 10.3 Å². The number of nitrogens with zero attached hydrogens (tertiary/aromatic N) is 1. The summed E-state index contributed by atoms with van der Waals surface area (Å²) in [4.78, 5) is 16.0. The summed E-state index contributed by atoms with van der Waals surface area (Å²) in [5.74, 6) is 0. The molecule has 0 saturated carbocycles. The van der Waals surface area contributed by atoms with Gasteiger partial charge in [-0.05, 0) is 25.1 Å². The summed E-state index contributed by atoms with van der Waals surface area (Å²) in [6.45, 7) is 2.51. The molecule has 0 bridgehead atoms. The van der Waals surface area contributed by atoms with Crippen LogP contribution in [0.5, 0.6) is 0 Å². The molecular formula is C13H14ClN3OS. The zero-order chi connectivity index (χ0) is 13.7. The number of rotatable bonds is 4. The molecule has 4 nitrogen and oxygen atoms in total. The topological polar surface area (TPSA) is 54.0 Å². The number of aryl methyl sites for hydroxylation is 1. The Balaban J connectivity index is 1.76. The summed E-state index contributed by atoms with van der Waals surface area (Å²) in [5, 5.41) is 9.13. The van der Waals surface area contributed by atoms with Gasteiger partial charge in [0.05, 0.1) is 5.01 Å². The lowest BCUT2D eigenvalue weighted by Gasteiger charge is -2.06. The van der Waals surface area contributed by atoms with E-state index in [2.05, 4.69) is 15.6 Å². The van der Waals surface area contributed by atoms with Crippen molar-refractivity contribution in [3.63, 3.8) is 0 Å². The Kier molecular flexibility index (Phi) is 4.76. The monoisotopic (exact) mass is 295 g/mol. The Bertz CT molecular complexity index is 571. The summed E-state index contributed by atoms with van der Waals surface area (Å²) < 4.78 is 0. The van der Waals surface area contributed by atoms with Gasteiger partial charge in [0, 0.05) is 34.7 Å². The molecule has 0 aliphatic heterocycles. The fourth-order valence-corrected chi connectivity index (χ4v) is 2.51. The normalized spacial score (nSPS) is 10.2. The maximum absolute atomic E-state index is 11.6. The summed E-state index contributed by atoms with van der Waals surface area (Å²) >= 11 is 7.44. The van der Waals surface area contributed by atoms with Crippen LogP contribution in [-0.2, 0) is 6.42 Å². The second-order valence-electron chi connectivity index (χ2n) is 4.02. The maximum atomic E-state index is 11.6. The van der Waals surface area contributed by atoms with Crippen LogP contribution in [0.1, 0.15) is 10.7 Å². The minimum Gasteiger partial charge on any atom is -0.337 e. The third-order valence-corrected chi connectivity index (χ3v) is 3.64. The summed E-state index contributed by atoms with van der Waals surface area (Å²) in [5.41, 5.74) is 1.69. The van der Waals surface area contributed by atoms with Gasteiger partial charge in [-0.1, -0.05) is 17.7 Å². The van der Waals surface area contributed by atoms with E-state index in [0.717, 1.165) is 17.1 Å². The Morgan fingerprint density at radius 1 is 1.47 bits per heavy atom. The predicted octanol–water partition coefficient (Wildman–Crippen LogP) is 3.47. The van der Waals surface area contributed by atoms with Crippen LogP contribution in [-0.4, -0.2) is 17.6 Å². The largest absolute Gasteiger partial charge is 0.337 e. The summed E-state index contributed by atoms with van der Waals surface area (Å²) in [6.07, 6.45) is 0.738. The highest BCUT2D eigenvalue weighted by molar-refractivity contribution is 7.09. The number of hydrogen-bond donors (Lipinski definition) is 2. The van der Waals surface area contributed by atoms with Crippen LogP contribution in [0.15, 0.2) is 29.6 Å². The summed E-state index contributed by atoms with van der Waals surface area (Å²) in [6, 6.07) is 6.79. The number of halogens is 1. The molecule has 0 aliphatic carbocycles. The van der Waals surface area contributed by atoms with Crippen molar-refractivity contribution in [2.75, 3.05) is 11.9 Å². The second-order valence-corrected chi connectivity index (χ2v) is 5.40. The van der Waals surface area contributed by atoms with Crippen LogP contribution in [0.3, 0.4) is 0 Å². The Labute approximate surface area is 120 Å². The van der Waals surface area contributed by atoms with E-state index < -0.39 is 0 Å². The SMILES string of the molecule is Cc1csc(CCNC(=O)Nc2cccc(Cl)c2)n1. The van der Waals surface area contributed by atoms with Gasteiger partial charge in [-0.2, -0.15) is 0 Å². The van der Waals surface area contributed by atoms with Crippen LogP contribution < -0.4 is 10.6 Å². The molecule has 2 aromatic rings. The highest BCUT2D eigenvalue weighted by atomic mass is 35.5. The van der Waals surface area contributed by atoms with E-state index in [4.69, 9.17) is 11.6 Å². The van der Waals surface area contributed by atoms with E-state index in [9.17, 15) is 4.79 Å². The van der Waals surface area contributed by atoms with Crippen molar-refractivity contribution >= 4 is 34.7 Å². The van der Waals surface area contributed by atoms with Crippen LogP contribution in [0.2, 0.25) is 5.02 Å². The number of benzene rings is 1. The molecule has 0 atom stereocenters. The molecular weight excluding hydrogens is 282 g/mol. The molecule has 0 spiro atoms. The number of carbonyl (C=O) groups excluding carboxylic acids is 1. The minimum atomic E-state index is -0.240. The molecule has 2 rings (SSSR count). The van der Waals surface area contributed by atoms with Crippen molar-refractivity contribution < 1.29 is 4.79 Å². The van der Waals surface area contributed by atoms with Gasteiger partial charge in [-0.3, -0.25) is 0 Å². The third-order valence-electron chi connectivity index (χ3n) is 2.37. The van der Waals surface area contributed by atoms with E-state index in [0.29, 0.717) is 17.3 Å². The molecule has 1 aromatic carbocycles. The van der Waals surface area contributed by atoms with Gasteiger partial charge in [-0.25, -0.2) is 9.78 Å². The van der Waals surface area contributed by atoms with Crippen molar-refractivity contribution in [3.05, 3.63) is 45.4 Å². The fourth-order valence-electron chi connectivity index (χ4n) is 1.54. The number of aromatic nitrogens is 1. The Morgan fingerprint density at radius 2 is 2.32 bits per heavy atom. The molecule has 19 heavy (non-hydrogen) atoms. The second kappa shape index (κ2) is 6.54. The van der Waals surface area contributed by atoms with E-state index in [-0.39, 0.29) is 6.03 Å². The quantitative estimate of drug-likeness (QED) is 0.907. The van der Waals surface area contributed by atoms with E-state index in [1.165, 1.54) is 0 Å². The fraction of sp³-hybridized carbons (Fsp3) is 0.231. The number of thiazole rings is 1. The first-order chi connectivity index (χ1) is 9.13. The number of hydrogen-bond acceptors (Lipinski definition) is 3. The summed E-state index contributed by atoms with van der Waals surface area (Å²) in [7, 11) is 0. The number of amides is 2. The van der Waals surface area contributed by atoms with Gasteiger partial charge in [0.25, 0.3) is 0 Å². The average Bonchev–Trinajstić information content (AvgIpc) is 2.75. The number of nitrogens with one attached hydrogen (secondary N) is 2. The van der Waals surface area contributed by atoms with Gasteiger partial charge < -0.3 is 10.6 Å². The van der Waals surface area contributed by atoms with E-state index in [1.807, 2.05) is 12.3 Å². The third kappa shape index (κ3) is 4.54. The van der Waals surface area contributed by atoms with Gasteiger partial charge in [0.1, 0.15) is 0 Å². The molecule has 0 saturated heterocycles. The van der Waals surface area contributed by atoms with Crippen LogP contribution >= 0.6 is 22.9 Å². The van der Waals surface area contributed by atoms with Crippen molar-refractivity contribution in [2.24, 2.45) is 0 Å². The molecule has 1 heterocycles. The molecule has 0 unspecified atom stereocenters. The predicted molar refractivity (Wildman–Crippen MR) is 79.0 cm³/mol. The highest BCUT2D eigenvalue weighted by Crippen LogP contribution is 2.14. The Hall–Kier alpha value is -1.59. The van der Waals surface area contributed by atoms with Gasteiger partial charge >= 0.3 is 6.03 Å². The van der Waals surface area contributed by atoms with Gasteiger partial charge in [0.2, 0.25) is 0 Å². The van der Waals surface area contributed by atoms with Gasteiger partial charge in [-0.15, -0.1) is 11.3 Å². The standard InChI is InChI=1S/C13H14ClN3OS/c1-9-8-19-12(16-9)5-6-15-13(18)17-11-4-2-3-10(14)7-11/h2-4,7-8H,5-6H2,1H3,(H2,15,17,18). The molecule has 2 N–H and O–H groups in total. The minimum absolute atomic E-state index is 0.240. The molecule has 1 aromatic heterocycles. The van der Waals surface area contributed by atoms with Gasteiger partial charge in [0.15, 0.2) is 0 Å². The van der Waals surface area contributed by atoms with E-state index >= 15 is 0 Å². The number of carbonyl (C=O) groups is 1. The van der Waals surface area contributed by atoms with E-state index in [1.54, 1.807) is 35.6 Å². The van der Waals surface area contributed by atoms with Crippen LogP contribution in [0.4, 0.5) is 10.5 Å². The lowest BCUT2D eigenvalue weighted by Crippen LogP contribution is -2.30. The van der Waals surface area contributed by atoms with Crippen molar-refractivity contribution in [1.29, 1.82) is 0 Å². The zero-order valence-corrected chi connectivity index (χ0v) is 12.0. The molecule has 2 amide bonds. The number of urea groups is 1. The smallest absolute Gasteiger partial charge is 0.319 e. The van der Waals surface area contributed by atoms with Crippen molar-refractivity contribution in [2.45, 2.75) is 13.3 Å².